The number of benzene rings is 1. The van der Waals surface area contributed by atoms with Crippen LogP contribution in [0.15, 0.2) is 18.2 Å². The molecular weight excluding hydrogens is 258 g/mol. The third-order valence-electron chi connectivity index (χ3n) is 3.22. The van der Waals surface area contributed by atoms with Crippen LogP contribution in [0, 0.1) is 0 Å². The maximum atomic E-state index is 6.26. The van der Waals surface area contributed by atoms with E-state index < -0.39 is 0 Å². The van der Waals surface area contributed by atoms with Gasteiger partial charge in [-0.3, -0.25) is 0 Å². The number of unbranched alkanes of at least 4 members (excludes halogenated alkanes) is 3. The van der Waals surface area contributed by atoms with Gasteiger partial charge < -0.3 is 10.1 Å². The number of ether oxygens (including phenoxy) is 1. The van der Waals surface area contributed by atoms with Crippen molar-refractivity contribution in [2.24, 2.45) is 0 Å². The van der Waals surface area contributed by atoms with E-state index in [0.29, 0.717) is 11.1 Å². The second-order valence-corrected chi connectivity index (χ2v) is 5.29. The highest BCUT2D eigenvalue weighted by Gasteiger charge is 2.07. The lowest BCUT2D eigenvalue weighted by molar-refractivity contribution is 0.305. The molecule has 1 unspecified atom stereocenters. The van der Waals surface area contributed by atoms with Crippen LogP contribution in [0.3, 0.4) is 0 Å². The van der Waals surface area contributed by atoms with Crippen LogP contribution in [-0.2, 0) is 0 Å². The number of halogens is 1. The van der Waals surface area contributed by atoms with E-state index in [4.69, 9.17) is 16.3 Å². The van der Waals surface area contributed by atoms with Crippen molar-refractivity contribution in [2.45, 2.75) is 52.5 Å². The normalized spacial score (nSPS) is 12.4. The first kappa shape index (κ1) is 16.3. The first-order valence-electron chi connectivity index (χ1n) is 7.34. The summed E-state index contributed by atoms with van der Waals surface area (Å²) >= 11 is 6.26. The Morgan fingerprint density at radius 2 is 2.00 bits per heavy atom. The summed E-state index contributed by atoms with van der Waals surface area (Å²) in [6.45, 7) is 8.16. The van der Waals surface area contributed by atoms with Gasteiger partial charge in [0.1, 0.15) is 5.75 Å². The molecule has 0 aliphatic carbocycles. The first-order valence-corrected chi connectivity index (χ1v) is 7.72. The van der Waals surface area contributed by atoms with E-state index in [1.165, 1.54) is 24.8 Å². The molecule has 0 saturated heterocycles. The fraction of sp³-hybridized carbons (Fsp3) is 0.625. The quantitative estimate of drug-likeness (QED) is 0.646. The monoisotopic (exact) mass is 283 g/mol. The van der Waals surface area contributed by atoms with E-state index in [9.17, 15) is 0 Å². The van der Waals surface area contributed by atoms with Crippen LogP contribution in [0.4, 0.5) is 0 Å². The average Bonchev–Trinajstić information content (AvgIpc) is 2.40. The molecule has 0 amide bonds. The second-order valence-electron chi connectivity index (χ2n) is 4.88. The van der Waals surface area contributed by atoms with Crippen LogP contribution in [0.1, 0.15) is 58.1 Å². The summed E-state index contributed by atoms with van der Waals surface area (Å²) in [7, 11) is 0. The van der Waals surface area contributed by atoms with Crippen molar-refractivity contribution in [3.05, 3.63) is 28.8 Å². The van der Waals surface area contributed by atoms with Gasteiger partial charge in [0, 0.05) is 6.04 Å². The third kappa shape index (κ3) is 5.84. The van der Waals surface area contributed by atoms with Gasteiger partial charge in [-0.25, -0.2) is 0 Å². The molecule has 0 spiro atoms. The van der Waals surface area contributed by atoms with Gasteiger partial charge >= 0.3 is 0 Å². The van der Waals surface area contributed by atoms with Gasteiger partial charge in [0.15, 0.2) is 0 Å². The topological polar surface area (TPSA) is 21.3 Å². The summed E-state index contributed by atoms with van der Waals surface area (Å²) in [5.41, 5.74) is 1.20. The van der Waals surface area contributed by atoms with Crippen molar-refractivity contribution < 1.29 is 4.74 Å². The average molecular weight is 284 g/mol. The molecule has 2 nitrogen and oxygen atoms in total. The summed E-state index contributed by atoms with van der Waals surface area (Å²) in [5.74, 6) is 0.797. The first-order chi connectivity index (χ1) is 9.19. The summed E-state index contributed by atoms with van der Waals surface area (Å²) in [6.07, 6.45) is 4.84. The van der Waals surface area contributed by atoms with Gasteiger partial charge in [0.05, 0.1) is 11.6 Å². The Morgan fingerprint density at radius 3 is 2.63 bits per heavy atom. The van der Waals surface area contributed by atoms with Gasteiger partial charge in [-0.15, -0.1) is 0 Å². The van der Waals surface area contributed by atoms with Crippen LogP contribution in [0.5, 0.6) is 5.75 Å². The molecule has 0 saturated carbocycles. The summed E-state index contributed by atoms with van der Waals surface area (Å²) in [4.78, 5) is 0. The molecule has 19 heavy (non-hydrogen) atoms. The second kappa shape index (κ2) is 9.22. The van der Waals surface area contributed by atoms with E-state index >= 15 is 0 Å². The molecule has 3 heteroatoms. The van der Waals surface area contributed by atoms with Gasteiger partial charge in [-0.05, 0) is 37.6 Å². The number of nitrogens with one attached hydrogen (secondary N) is 1. The fourth-order valence-electron chi connectivity index (χ4n) is 2.04. The van der Waals surface area contributed by atoms with Crippen LogP contribution < -0.4 is 10.1 Å². The molecular formula is C16H26ClNO. The SMILES string of the molecule is CCCCCCOc1ccc(C(C)NCC)cc1Cl. The standard InChI is InChI=1S/C16H26ClNO/c1-4-6-7-8-11-19-16-10-9-14(12-15(16)17)13(3)18-5-2/h9-10,12-13,18H,4-8,11H2,1-3H3. The molecule has 0 bridgehead atoms. The van der Waals surface area contributed by atoms with Crippen molar-refractivity contribution in [1.29, 1.82) is 0 Å². The Morgan fingerprint density at radius 1 is 1.21 bits per heavy atom. The lowest BCUT2D eigenvalue weighted by Gasteiger charge is -2.15. The minimum Gasteiger partial charge on any atom is -0.492 e. The number of hydrogen-bond donors (Lipinski definition) is 1. The van der Waals surface area contributed by atoms with Crippen molar-refractivity contribution in [3.63, 3.8) is 0 Å². The van der Waals surface area contributed by atoms with Crippen molar-refractivity contribution in [1.82, 2.24) is 5.32 Å². The Bertz CT molecular complexity index is 368. The van der Waals surface area contributed by atoms with E-state index in [1.54, 1.807) is 0 Å². The molecule has 0 fully saturated rings. The molecule has 1 aromatic rings. The maximum absolute atomic E-state index is 6.26. The van der Waals surface area contributed by atoms with Gasteiger partial charge in [0.2, 0.25) is 0 Å². The lowest BCUT2D eigenvalue weighted by Crippen LogP contribution is -2.17. The van der Waals surface area contributed by atoms with Crippen LogP contribution in [0.2, 0.25) is 5.02 Å². The highest BCUT2D eigenvalue weighted by atomic mass is 35.5. The summed E-state index contributed by atoms with van der Waals surface area (Å²) in [5, 5.41) is 4.08. The largest absolute Gasteiger partial charge is 0.492 e. The maximum Gasteiger partial charge on any atom is 0.137 e. The number of hydrogen-bond acceptors (Lipinski definition) is 2. The van der Waals surface area contributed by atoms with Crippen molar-refractivity contribution in [2.75, 3.05) is 13.2 Å². The van der Waals surface area contributed by atoms with Crippen molar-refractivity contribution >= 4 is 11.6 Å². The molecule has 0 aliphatic heterocycles. The predicted molar refractivity (Wildman–Crippen MR) is 83.2 cm³/mol. The van der Waals surface area contributed by atoms with Gasteiger partial charge in [-0.1, -0.05) is 50.8 Å². The molecule has 0 aromatic heterocycles. The Hall–Kier alpha value is -0.730. The summed E-state index contributed by atoms with van der Waals surface area (Å²) < 4.78 is 5.73. The van der Waals surface area contributed by atoms with E-state index in [1.807, 2.05) is 12.1 Å². The molecule has 1 N–H and O–H groups in total. The highest BCUT2D eigenvalue weighted by Crippen LogP contribution is 2.28. The molecule has 1 rings (SSSR count). The Labute approximate surface area is 122 Å². The molecule has 0 radical (unpaired) electrons. The van der Waals surface area contributed by atoms with Gasteiger partial charge in [-0.2, -0.15) is 0 Å². The zero-order valence-electron chi connectivity index (χ0n) is 12.3. The van der Waals surface area contributed by atoms with E-state index in [-0.39, 0.29) is 0 Å². The Kier molecular flexibility index (Phi) is 7.92. The third-order valence-corrected chi connectivity index (χ3v) is 3.52. The molecule has 0 heterocycles. The molecule has 1 aromatic carbocycles. The van der Waals surface area contributed by atoms with Crippen LogP contribution >= 0.6 is 11.6 Å². The molecule has 108 valence electrons. The zero-order chi connectivity index (χ0) is 14.1. The van der Waals surface area contributed by atoms with Crippen molar-refractivity contribution in [3.8, 4) is 5.75 Å². The predicted octanol–water partition coefficient (Wildman–Crippen LogP) is 4.97. The van der Waals surface area contributed by atoms with Crippen LogP contribution in [0.25, 0.3) is 0 Å². The molecule has 0 aliphatic rings. The fourth-order valence-corrected chi connectivity index (χ4v) is 2.28. The minimum absolute atomic E-state index is 0.320. The van der Waals surface area contributed by atoms with Gasteiger partial charge in [0.25, 0.3) is 0 Å². The zero-order valence-corrected chi connectivity index (χ0v) is 13.1. The Balaban J connectivity index is 2.47. The highest BCUT2D eigenvalue weighted by molar-refractivity contribution is 6.32. The molecule has 1 atom stereocenters. The number of rotatable bonds is 9. The smallest absolute Gasteiger partial charge is 0.137 e. The summed E-state index contributed by atoms with van der Waals surface area (Å²) in [6, 6.07) is 6.38. The lowest BCUT2D eigenvalue weighted by atomic mass is 10.1. The minimum atomic E-state index is 0.320. The van der Waals surface area contributed by atoms with E-state index in [2.05, 4.69) is 32.2 Å². The van der Waals surface area contributed by atoms with E-state index in [0.717, 1.165) is 25.3 Å². The van der Waals surface area contributed by atoms with Crippen LogP contribution in [-0.4, -0.2) is 13.2 Å².